The predicted octanol–water partition coefficient (Wildman–Crippen LogP) is 3.02. The van der Waals surface area contributed by atoms with Crippen LogP contribution in [0, 0.1) is 0 Å². The van der Waals surface area contributed by atoms with Gasteiger partial charge in [0.25, 0.3) is 0 Å². The summed E-state index contributed by atoms with van der Waals surface area (Å²) in [6, 6.07) is 6.83. The zero-order chi connectivity index (χ0) is 16.8. The van der Waals surface area contributed by atoms with Crippen molar-refractivity contribution < 1.29 is 17.9 Å². The molecule has 22 heavy (non-hydrogen) atoms. The predicted molar refractivity (Wildman–Crippen MR) is 85.4 cm³/mol. The Labute approximate surface area is 132 Å². The maximum absolute atomic E-state index is 12.5. The lowest BCUT2D eigenvalue weighted by Gasteiger charge is -2.19. The third-order valence-electron chi connectivity index (χ3n) is 3.76. The molecule has 2 rings (SSSR count). The first-order chi connectivity index (χ1) is 9.93. The highest BCUT2D eigenvalue weighted by atomic mass is 32.2. The highest BCUT2D eigenvalue weighted by Gasteiger charge is 2.38. The molecule has 1 aliphatic rings. The van der Waals surface area contributed by atoms with E-state index in [-0.39, 0.29) is 27.4 Å². The maximum Gasteiger partial charge on any atom is 0.205 e. The molecule has 0 radical (unpaired) electrons. The number of ketones is 1. The normalized spacial score (nSPS) is 18.0. The number of benzene rings is 1. The van der Waals surface area contributed by atoms with Crippen LogP contribution in [0.2, 0.25) is 0 Å². The van der Waals surface area contributed by atoms with Gasteiger partial charge in [-0.3, -0.25) is 4.79 Å². The molecule has 0 saturated heterocycles. The molecular formula is C17H22O4S. The Hall–Kier alpha value is -1.62. The fourth-order valence-corrected chi connectivity index (χ4v) is 3.59. The number of hydrogen-bond acceptors (Lipinski definition) is 4. The summed E-state index contributed by atoms with van der Waals surface area (Å²) in [5, 5.41) is 0. The van der Waals surface area contributed by atoms with Crippen molar-refractivity contribution in [3.63, 3.8) is 0 Å². The van der Waals surface area contributed by atoms with Crippen molar-refractivity contribution in [1.82, 2.24) is 0 Å². The molecule has 1 heterocycles. The summed E-state index contributed by atoms with van der Waals surface area (Å²) in [5.41, 5.74) is 0.252. The van der Waals surface area contributed by atoms with Gasteiger partial charge in [0.2, 0.25) is 5.78 Å². The van der Waals surface area contributed by atoms with Crippen LogP contribution < -0.4 is 0 Å². The van der Waals surface area contributed by atoms with E-state index in [2.05, 4.69) is 20.8 Å². The van der Waals surface area contributed by atoms with Crippen molar-refractivity contribution in [2.45, 2.75) is 50.5 Å². The minimum absolute atomic E-state index is 0.0376. The highest BCUT2D eigenvalue weighted by Crippen LogP contribution is 2.28. The molecule has 1 aromatic carbocycles. The van der Waals surface area contributed by atoms with Crippen LogP contribution in [0.5, 0.6) is 0 Å². The van der Waals surface area contributed by atoms with Gasteiger partial charge in [-0.2, -0.15) is 0 Å². The zero-order valence-corrected chi connectivity index (χ0v) is 14.5. The van der Waals surface area contributed by atoms with Gasteiger partial charge in [0.05, 0.1) is 16.9 Å². The minimum Gasteiger partial charge on any atom is -0.487 e. The molecule has 0 spiro atoms. The maximum atomic E-state index is 12.5. The summed E-state index contributed by atoms with van der Waals surface area (Å²) in [4.78, 5) is 12.3. The first-order valence-corrected chi connectivity index (χ1v) is 8.84. The Morgan fingerprint density at radius 3 is 2.05 bits per heavy atom. The van der Waals surface area contributed by atoms with E-state index in [1.807, 2.05) is 12.1 Å². The monoisotopic (exact) mass is 322 g/mol. The average Bonchev–Trinajstić information content (AvgIpc) is 2.65. The summed E-state index contributed by atoms with van der Waals surface area (Å²) in [6.07, 6.45) is 1.27. The third kappa shape index (κ3) is 3.24. The van der Waals surface area contributed by atoms with E-state index in [1.54, 1.807) is 26.0 Å². The summed E-state index contributed by atoms with van der Waals surface area (Å²) < 4.78 is 30.1. The van der Waals surface area contributed by atoms with E-state index < -0.39 is 15.4 Å². The molecule has 0 fully saturated rings. The lowest BCUT2D eigenvalue weighted by Crippen LogP contribution is -2.30. The van der Waals surface area contributed by atoms with Crippen molar-refractivity contribution in [3.05, 3.63) is 41.7 Å². The molecule has 120 valence electrons. The molecule has 0 unspecified atom stereocenters. The van der Waals surface area contributed by atoms with Gasteiger partial charge in [-0.15, -0.1) is 0 Å². The SMILES string of the molecule is CC1(C)OC=C(CS(=O)(=O)c2ccc(C(C)(C)C)cc2)C1=O. The smallest absolute Gasteiger partial charge is 0.205 e. The van der Waals surface area contributed by atoms with E-state index in [0.717, 1.165) is 5.56 Å². The Bertz CT molecular complexity index is 717. The molecule has 1 aromatic rings. The van der Waals surface area contributed by atoms with Gasteiger partial charge in [0, 0.05) is 5.57 Å². The van der Waals surface area contributed by atoms with Crippen molar-refractivity contribution in [1.29, 1.82) is 0 Å². The third-order valence-corrected chi connectivity index (χ3v) is 5.44. The molecule has 0 atom stereocenters. The summed E-state index contributed by atoms with van der Waals surface area (Å²) in [6.45, 7) is 9.46. The number of sulfone groups is 1. The molecule has 0 bridgehead atoms. The Balaban J connectivity index is 2.24. The van der Waals surface area contributed by atoms with Crippen molar-refractivity contribution in [3.8, 4) is 0 Å². The van der Waals surface area contributed by atoms with Gasteiger partial charge in [-0.1, -0.05) is 32.9 Å². The first-order valence-electron chi connectivity index (χ1n) is 7.18. The molecule has 5 heteroatoms. The van der Waals surface area contributed by atoms with E-state index in [0.29, 0.717) is 0 Å². The van der Waals surface area contributed by atoms with E-state index in [9.17, 15) is 13.2 Å². The molecule has 0 aromatic heterocycles. The first kappa shape index (κ1) is 16.7. The van der Waals surface area contributed by atoms with E-state index in [4.69, 9.17) is 4.74 Å². The van der Waals surface area contributed by atoms with Crippen molar-refractivity contribution >= 4 is 15.6 Å². The molecule has 1 aliphatic heterocycles. The van der Waals surface area contributed by atoms with Crippen LogP contribution in [0.25, 0.3) is 0 Å². The number of ether oxygens (including phenoxy) is 1. The number of rotatable bonds is 3. The second-order valence-corrected chi connectivity index (χ2v) is 9.12. The standard InChI is InChI=1S/C17H22O4S/c1-16(2,3)13-6-8-14(9-7-13)22(19,20)11-12-10-21-17(4,5)15(12)18/h6-10H,11H2,1-5H3. The van der Waals surface area contributed by atoms with Crippen LogP contribution in [-0.2, 0) is 24.8 Å². The lowest BCUT2D eigenvalue weighted by atomic mass is 9.87. The van der Waals surface area contributed by atoms with Gasteiger partial charge in [-0.05, 0) is 37.0 Å². The Kier molecular flexibility index (Phi) is 3.98. The summed E-state index contributed by atoms with van der Waals surface area (Å²) in [7, 11) is -3.56. The molecule has 0 saturated carbocycles. The van der Waals surface area contributed by atoms with Crippen LogP contribution in [-0.4, -0.2) is 25.6 Å². The van der Waals surface area contributed by atoms with Gasteiger partial charge >= 0.3 is 0 Å². The summed E-state index contributed by atoms with van der Waals surface area (Å²) >= 11 is 0. The number of hydrogen-bond donors (Lipinski definition) is 0. The fraction of sp³-hybridized carbons (Fsp3) is 0.471. The second kappa shape index (κ2) is 5.23. The van der Waals surface area contributed by atoms with Crippen LogP contribution >= 0.6 is 0 Å². The van der Waals surface area contributed by atoms with Gasteiger partial charge in [-0.25, -0.2) is 8.42 Å². The van der Waals surface area contributed by atoms with Gasteiger partial charge < -0.3 is 4.74 Å². The average molecular weight is 322 g/mol. The largest absolute Gasteiger partial charge is 0.487 e. The van der Waals surface area contributed by atoms with Crippen molar-refractivity contribution in [2.24, 2.45) is 0 Å². The van der Waals surface area contributed by atoms with Crippen LogP contribution in [0.4, 0.5) is 0 Å². The van der Waals surface area contributed by atoms with E-state index >= 15 is 0 Å². The Morgan fingerprint density at radius 2 is 1.64 bits per heavy atom. The molecule has 0 amide bonds. The molecule has 4 nitrogen and oxygen atoms in total. The molecular weight excluding hydrogens is 300 g/mol. The topological polar surface area (TPSA) is 60.4 Å². The highest BCUT2D eigenvalue weighted by molar-refractivity contribution is 7.91. The minimum atomic E-state index is -3.56. The summed E-state index contributed by atoms with van der Waals surface area (Å²) in [5.74, 6) is -0.605. The molecule has 0 N–H and O–H groups in total. The van der Waals surface area contributed by atoms with Gasteiger partial charge in [0.15, 0.2) is 15.4 Å². The lowest BCUT2D eigenvalue weighted by molar-refractivity contribution is -0.126. The number of carbonyl (C=O) groups excluding carboxylic acids is 1. The van der Waals surface area contributed by atoms with E-state index in [1.165, 1.54) is 6.26 Å². The fourth-order valence-electron chi connectivity index (χ4n) is 2.26. The quantitative estimate of drug-likeness (QED) is 0.858. The zero-order valence-electron chi connectivity index (χ0n) is 13.6. The van der Waals surface area contributed by atoms with Crippen LogP contribution in [0.1, 0.15) is 40.2 Å². The van der Waals surface area contributed by atoms with Crippen LogP contribution in [0.15, 0.2) is 41.0 Å². The molecule has 0 aliphatic carbocycles. The number of carbonyl (C=O) groups is 1. The van der Waals surface area contributed by atoms with Gasteiger partial charge in [0.1, 0.15) is 0 Å². The Morgan fingerprint density at radius 1 is 1.09 bits per heavy atom. The second-order valence-electron chi connectivity index (χ2n) is 7.13. The van der Waals surface area contributed by atoms with Crippen molar-refractivity contribution in [2.75, 3.05) is 5.75 Å². The van der Waals surface area contributed by atoms with Crippen LogP contribution in [0.3, 0.4) is 0 Å². The number of Topliss-reactive ketones (excluding diaryl/α,β-unsaturated/α-hetero) is 1.